The number of nitrogens with zero attached hydrogens (tertiary/aromatic N) is 3. The number of amides is 1. The molecule has 1 amide bonds. The third-order valence-corrected chi connectivity index (χ3v) is 3.19. The van der Waals surface area contributed by atoms with Crippen LogP contribution in [0.2, 0.25) is 0 Å². The molecule has 6 nitrogen and oxygen atoms in total. The van der Waals surface area contributed by atoms with Gasteiger partial charge in [0, 0.05) is 18.3 Å². The highest BCUT2D eigenvalue weighted by molar-refractivity contribution is 5.93. The summed E-state index contributed by atoms with van der Waals surface area (Å²) in [5.74, 6) is -0.426. The Morgan fingerprint density at radius 3 is 2.85 bits per heavy atom. The molecule has 104 valence electrons. The van der Waals surface area contributed by atoms with Crippen LogP contribution in [0, 0.1) is 0 Å². The number of fused-ring (bicyclic) bond motifs is 1. The van der Waals surface area contributed by atoms with Crippen LogP contribution in [0.5, 0.6) is 0 Å². The predicted molar refractivity (Wildman–Crippen MR) is 74.7 cm³/mol. The number of hydrogen-bond acceptors (Lipinski definition) is 4. The van der Waals surface area contributed by atoms with Crippen molar-refractivity contribution >= 4 is 17.1 Å². The Balaban J connectivity index is 2.21. The Morgan fingerprint density at radius 1 is 1.45 bits per heavy atom. The lowest BCUT2D eigenvalue weighted by atomic mass is 10.3. The highest BCUT2D eigenvalue weighted by Gasteiger charge is 2.29. The van der Waals surface area contributed by atoms with Gasteiger partial charge in [0.1, 0.15) is 5.52 Å². The second-order valence-corrected chi connectivity index (χ2v) is 5.34. The van der Waals surface area contributed by atoms with Gasteiger partial charge in [-0.3, -0.25) is 14.2 Å². The number of carbonyl (C=O) groups excluding carboxylic acids is 1. The molecule has 1 fully saturated rings. The minimum absolute atomic E-state index is 0.0392. The molecule has 0 unspecified atom stereocenters. The smallest absolute Gasteiger partial charge is 0.284 e. The molecule has 0 spiro atoms. The van der Waals surface area contributed by atoms with Crippen LogP contribution in [-0.4, -0.2) is 26.5 Å². The predicted octanol–water partition coefficient (Wildman–Crippen LogP) is 1.26. The zero-order valence-corrected chi connectivity index (χ0v) is 11.5. The standard InChI is InChI=1S/C14H16N4O2/c1-8(2)16-13(19)11-14(20)18(9-5-6-9)12-10(17-11)4-3-7-15-12/h3-4,7-9H,5-6H2,1-2H3,(H,16,19). The van der Waals surface area contributed by atoms with Gasteiger partial charge in [0.15, 0.2) is 11.3 Å². The molecule has 3 rings (SSSR count). The number of carbonyl (C=O) groups is 1. The van der Waals surface area contributed by atoms with E-state index in [1.165, 1.54) is 0 Å². The fraction of sp³-hybridized carbons (Fsp3) is 0.429. The summed E-state index contributed by atoms with van der Waals surface area (Å²) in [5.41, 5.74) is 0.733. The molecule has 20 heavy (non-hydrogen) atoms. The van der Waals surface area contributed by atoms with Crippen molar-refractivity contribution in [1.82, 2.24) is 19.9 Å². The second kappa shape index (κ2) is 4.70. The van der Waals surface area contributed by atoms with Crippen molar-refractivity contribution in [2.45, 2.75) is 38.8 Å². The number of nitrogens with one attached hydrogen (secondary N) is 1. The zero-order chi connectivity index (χ0) is 14.3. The molecule has 0 bridgehead atoms. The third kappa shape index (κ3) is 2.17. The van der Waals surface area contributed by atoms with E-state index in [1.54, 1.807) is 22.9 Å². The van der Waals surface area contributed by atoms with Crippen LogP contribution in [0.15, 0.2) is 23.1 Å². The fourth-order valence-corrected chi connectivity index (χ4v) is 2.19. The number of aromatic nitrogens is 3. The summed E-state index contributed by atoms with van der Waals surface area (Å²) in [6.45, 7) is 3.69. The largest absolute Gasteiger partial charge is 0.348 e. The first-order valence-electron chi connectivity index (χ1n) is 6.76. The van der Waals surface area contributed by atoms with E-state index in [-0.39, 0.29) is 23.3 Å². The molecule has 0 aliphatic heterocycles. The van der Waals surface area contributed by atoms with Gasteiger partial charge in [-0.2, -0.15) is 0 Å². The first-order chi connectivity index (χ1) is 9.58. The van der Waals surface area contributed by atoms with Crippen LogP contribution in [0.1, 0.15) is 43.2 Å². The summed E-state index contributed by atoms with van der Waals surface area (Å²) in [6, 6.07) is 3.63. The van der Waals surface area contributed by atoms with Gasteiger partial charge in [-0.25, -0.2) is 9.97 Å². The molecule has 0 radical (unpaired) electrons. The molecule has 2 aromatic heterocycles. The van der Waals surface area contributed by atoms with Gasteiger partial charge in [0.05, 0.1) is 0 Å². The Morgan fingerprint density at radius 2 is 2.20 bits per heavy atom. The highest BCUT2D eigenvalue weighted by Crippen LogP contribution is 2.35. The van der Waals surface area contributed by atoms with Crippen molar-refractivity contribution < 1.29 is 4.79 Å². The van der Waals surface area contributed by atoms with Gasteiger partial charge in [0.2, 0.25) is 0 Å². The minimum Gasteiger partial charge on any atom is -0.348 e. The topological polar surface area (TPSA) is 76.9 Å². The lowest BCUT2D eigenvalue weighted by molar-refractivity contribution is 0.0936. The number of rotatable bonds is 3. The lowest BCUT2D eigenvalue weighted by Gasteiger charge is -2.11. The van der Waals surface area contributed by atoms with Crippen molar-refractivity contribution in [3.05, 3.63) is 34.4 Å². The van der Waals surface area contributed by atoms with Gasteiger partial charge >= 0.3 is 0 Å². The summed E-state index contributed by atoms with van der Waals surface area (Å²) in [4.78, 5) is 33.0. The maximum absolute atomic E-state index is 12.5. The van der Waals surface area contributed by atoms with Gasteiger partial charge in [-0.15, -0.1) is 0 Å². The summed E-state index contributed by atoms with van der Waals surface area (Å²) < 4.78 is 1.61. The zero-order valence-electron chi connectivity index (χ0n) is 11.5. The van der Waals surface area contributed by atoms with Crippen LogP contribution < -0.4 is 10.9 Å². The normalized spacial score (nSPS) is 14.8. The van der Waals surface area contributed by atoms with Crippen LogP contribution >= 0.6 is 0 Å². The Hall–Kier alpha value is -2.24. The van der Waals surface area contributed by atoms with E-state index < -0.39 is 5.91 Å². The maximum atomic E-state index is 12.5. The molecule has 0 saturated heterocycles. The summed E-state index contributed by atoms with van der Waals surface area (Å²) >= 11 is 0. The quantitative estimate of drug-likeness (QED) is 0.912. The van der Waals surface area contributed by atoms with Crippen LogP contribution in [0.3, 0.4) is 0 Å². The Kier molecular flexibility index (Phi) is 3.00. The second-order valence-electron chi connectivity index (χ2n) is 5.34. The van der Waals surface area contributed by atoms with E-state index in [0.717, 1.165) is 12.8 Å². The van der Waals surface area contributed by atoms with Crippen LogP contribution in [0.4, 0.5) is 0 Å². The minimum atomic E-state index is -0.426. The van der Waals surface area contributed by atoms with Crippen molar-refractivity contribution in [3.8, 4) is 0 Å². The van der Waals surface area contributed by atoms with Crippen molar-refractivity contribution in [2.24, 2.45) is 0 Å². The van der Waals surface area contributed by atoms with Crippen LogP contribution in [-0.2, 0) is 0 Å². The Labute approximate surface area is 115 Å². The molecule has 1 N–H and O–H groups in total. The van der Waals surface area contributed by atoms with E-state index in [1.807, 2.05) is 13.8 Å². The summed E-state index contributed by atoms with van der Waals surface area (Å²) in [6.07, 6.45) is 3.53. The third-order valence-electron chi connectivity index (χ3n) is 3.19. The first-order valence-corrected chi connectivity index (χ1v) is 6.76. The van der Waals surface area contributed by atoms with E-state index in [2.05, 4.69) is 15.3 Å². The summed E-state index contributed by atoms with van der Waals surface area (Å²) in [7, 11) is 0. The van der Waals surface area contributed by atoms with Gasteiger partial charge in [0.25, 0.3) is 11.5 Å². The van der Waals surface area contributed by atoms with Gasteiger partial charge in [-0.1, -0.05) is 0 Å². The van der Waals surface area contributed by atoms with Crippen molar-refractivity contribution in [3.63, 3.8) is 0 Å². The molecular weight excluding hydrogens is 256 g/mol. The molecule has 1 aliphatic rings. The number of pyridine rings is 1. The fourth-order valence-electron chi connectivity index (χ4n) is 2.19. The molecule has 0 atom stereocenters. The average molecular weight is 272 g/mol. The SMILES string of the molecule is CC(C)NC(=O)c1nc2cccnc2n(C2CC2)c1=O. The van der Waals surface area contributed by atoms with Gasteiger partial charge in [-0.05, 0) is 38.8 Å². The summed E-state index contributed by atoms with van der Waals surface area (Å²) in [5, 5.41) is 2.72. The molecule has 1 aliphatic carbocycles. The first kappa shape index (κ1) is 12.8. The monoisotopic (exact) mass is 272 g/mol. The maximum Gasteiger partial charge on any atom is 0.284 e. The molecule has 2 heterocycles. The average Bonchev–Trinajstić information content (AvgIpc) is 3.21. The number of hydrogen-bond donors (Lipinski definition) is 1. The molecule has 1 saturated carbocycles. The molecule has 6 heteroatoms. The van der Waals surface area contributed by atoms with Crippen molar-refractivity contribution in [1.29, 1.82) is 0 Å². The Bertz CT molecular complexity index is 732. The van der Waals surface area contributed by atoms with E-state index >= 15 is 0 Å². The molecular formula is C14H16N4O2. The van der Waals surface area contributed by atoms with E-state index in [4.69, 9.17) is 0 Å². The van der Waals surface area contributed by atoms with Gasteiger partial charge < -0.3 is 5.32 Å². The molecule has 0 aromatic carbocycles. The van der Waals surface area contributed by atoms with Crippen LogP contribution in [0.25, 0.3) is 11.2 Å². The van der Waals surface area contributed by atoms with Crippen molar-refractivity contribution in [2.75, 3.05) is 0 Å². The highest BCUT2D eigenvalue weighted by atomic mass is 16.2. The van der Waals surface area contributed by atoms with E-state index in [9.17, 15) is 9.59 Å². The lowest BCUT2D eigenvalue weighted by Crippen LogP contribution is -2.37. The van der Waals surface area contributed by atoms with E-state index in [0.29, 0.717) is 11.2 Å². The molecule has 2 aromatic rings.